The Morgan fingerprint density at radius 3 is 2.67 bits per heavy atom. The van der Waals surface area contributed by atoms with Crippen LogP contribution < -0.4 is 10.0 Å². The van der Waals surface area contributed by atoms with E-state index in [4.69, 9.17) is 23.2 Å². The predicted molar refractivity (Wildman–Crippen MR) is 69.4 cm³/mol. The molecule has 0 spiro atoms. The van der Waals surface area contributed by atoms with Crippen LogP contribution in [-0.2, 0) is 10.0 Å². The van der Waals surface area contributed by atoms with Crippen LogP contribution in [0.5, 0.6) is 0 Å². The number of carbonyl (C=O) groups is 1. The van der Waals surface area contributed by atoms with Gasteiger partial charge in [-0.1, -0.05) is 23.2 Å². The van der Waals surface area contributed by atoms with Crippen molar-refractivity contribution in [2.24, 2.45) is 0 Å². The van der Waals surface area contributed by atoms with Crippen LogP contribution in [0, 0.1) is 0 Å². The summed E-state index contributed by atoms with van der Waals surface area (Å²) in [6.07, 6.45) is 2.31. The molecular weight excluding hydrogens is 301 g/mol. The van der Waals surface area contributed by atoms with Gasteiger partial charge in [0, 0.05) is 19.3 Å². The van der Waals surface area contributed by atoms with E-state index >= 15 is 0 Å². The minimum atomic E-state index is -3.26. The van der Waals surface area contributed by atoms with Crippen molar-refractivity contribution in [3.8, 4) is 0 Å². The molecule has 1 rings (SSSR count). The number of aromatic nitrogens is 1. The van der Waals surface area contributed by atoms with E-state index in [0.29, 0.717) is 0 Å². The summed E-state index contributed by atoms with van der Waals surface area (Å²) in [5.74, 6) is -0.445. The molecule has 0 fully saturated rings. The van der Waals surface area contributed by atoms with E-state index in [0.717, 1.165) is 6.26 Å². The van der Waals surface area contributed by atoms with E-state index in [1.165, 1.54) is 12.3 Å². The van der Waals surface area contributed by atoms with Crippen molar-refractivity contribution in [3.63, 3.8) is 0 Å². The average Bonchev–Trinajstić information content (AvgIpc) is 2.26. The molecule has 2 N–H and O–H groups in total. The molecule has 0 saturated carbocycles. The van der Waals surface area contributed by atoms with Crippen molar-refractivity contribution in [2.45, 2.75) is 0 Å². The maximum absolute atomic E-state index is 11.7. The van der Waals surface area contributed by atoms with Gasteiger partial charge < -0.3 is 5.32 Å². The predicted octanol–water partition coefficient (Wildman–Crippen LogP) is 0.667. The molecule has 0 aliphatic heterocycles. The lowest BCUT2D eigenvalue weighted by molar-refractivity contribution is 0.0954. The third-order valence-corrected chi connectivity index (χ3v) is 3.08. The number of halogens is 2. The topological polar surface area (TPSA) is 88.2 Å². The van der Waals surface area contributed by atoms with Crippen LogP contribution in [0.4, 0.5) is 0 Å². The highest BCUT2D eigenvalue weighted by molar-refractivity contribution is 7.88. The summed E-state index contributed by atoms with van der Waals surface area (Å²) in [5, 5.41) is 2.83. The van der Waals surface area contributed by atoms with E-state index < -0.39 is 15.9 Å². The molecule has 18 heavy (non-hydrogen) atoms. The van der Waals surface area contributed by atoms with Gasteiger partial charge in [-0.3, -0.25) is 4.79 Å². The van der Waals surface area contributed by atoms with Gasteiger partial charge in [0.2, 0.25) is 10.0 Å². The molecule has 6 nitrogen and oxygen atoms in total. The number of hydrogen-bond donors (Lipinski definition) is 2. The van der Waals surface area contributed by atoms with E-state index in [2.05, 4.69) is 15.0 Å². The first-order chi connectivity index (χ1) is 8.29. The lowest BCUT2D eigenvalue weighted by atomic mass is 10.2. The van der Waals surface area contributed by atoms with Gasteiger partial charge in [0.25, 0.3) is 5.91 Å². The fourth-order valence-corrected chi connectivity index (χ4v) is 1.91. The molecule has 0 radical (unpaired) electrons. The molecule has 0 aliphatic rings. The van der Waals surface area contributed by atoms with Gasteiger partial charge in [0.1, 0.15) is 5.15 Å². The summed E-state index contributed by atoms with van der Waals surface area (Å²) in [6, 6.07) is 1.34. The van der Waals surface area contributed by atoms with Gasteiger partial charge in [-0.2, -0.15) is 0 Å². The molecule has 0 bridgehead atoms. The summed E-state index contributed by atoms with van der Waals surface area (Å²) in [7, 11) is -3.26. The van der Waals surface area contributed by atoms with Crippen LogP contribution in [-0.4, -0.2) is 38.7 Å². The van der Waals surface area contributed by atoms with Gasteiger partial charge in [-0.15, -0.1) is 0 Å². The van der Waals surface area contributed by atoms with E-state index in [9.17, 15) is 13.2 Å². The summed E-state index contributed by atoms with van der Waals surface area (Å²) in [5.41, 5.74) is 0.191. The molecule has 0 saturated heterocycles. The van der Waals surface area contributed by atoms with Crippen molar-refractivity contribution >= 4 is 39.1 Å². The number of sulfonamides is 1. The standard InChI is InChI=1S/C9H11Cl2N3O3S/c1-18(16,17)14-3-2-12-9(15)6-4-8(11)13-5-7(6)10/h4-5,14H,2-3H2,1H3,(H,12,15). The number of nitrogens with zero attached hydrogens (tertiary/aromatic N) is 1. The number of pyridine rings is 1. The van der Waals surface area contributed by atoms with Crippen molar-refractivity contribution in [1.82, 2.24) is 15.0 Å². The van der Waals surface area contributed by atoms with Crippen molar-refractivity contribution in [3.05, 3.63) is 28.0 Å². The maximum Gasteiger partial charge on any atom is 0.253 e. The van der Waals surface area contributed by atoms with Crippen LogP contribution in [0.25, 0.3) is 0 Å². The molecule has 1 amide bonds. The molecule has 0 aromatic carbocycles. The molecule has 1 heterocycles. The SMILES string of the molecule is CS(=O)(=O)NCCNC(=O)c1cc(Cl)ncc1Cl. The summed E-state index contributed by atoms with van der Waals surface area (Å²) in [6.45, 7) is 0.239. The number of carbonyl (C=O) groups excluding carboxylic acids is 1. The second-order valence-electron chi connectivity index (χ2n) is 3.41. The Morgan fingerprint density at radius 1 is 1.39 bits per heavy atom. The van der Waals surface area contributed by atoms with E-state index in [1.54, 1.807) is 0 Å². The zero-order valence-corrected chi connectivity index (χ0v) is 11.7. The molecule has 0 aliphatic carbocycles. The summed E-state index contributed by atoms with van der Waals surface area (Å²) >= 11 is 11.4. The number of amides is 1. The highest BCUT2D eigenvalue weighted by atomic mass is 35.5. The second-order valence-corrected chi connectivity index (χ2v) is 6.04. The van der Waals surface area contributed by atoms with Crippen molar-refractivity contribution in [2.75, 3.05) is 19.3 Å². The van der Waals surface area contributed by atoms with Gasteiger partial charge in [0.05, 0.1) is 16.8 Å². The largest absolute Gasteiger partial charge is 0.351 e. The third kappa shape index (κ3) is 5.18. The molecular formula is C9H11Cl2N3O3S. The minimum absolute atomic E-state index is 0.0982. The van der Waals surface area contributed by atoms with Gasteiger partial charge in [-0.05, 0) is 6.07 Å². The Hall–Kier alpha value is -0.890. The summed E-state index contributed by atoms with van der Waals surface area (Å²) < 4.78 is 23.8. The first-order valence-electron chi connectivity index (χ1n) is 4.83. The maximum atomic E-state index is 11.7. The Balaban J connectivity index is 2.53. The van der Waals surface area contributed by atoms with Crippen LogP contribution >= 0.6 is 23.2 Å². The van der Waals surface area contributed by atoms with Crippen LogP contribution in [0.15, 0.2) is 12.3 Å². The number of hydrogen-bond acceptors (Lipinski definition) is 4. The Labute approximate surface area is 115 Å². The van der Waals surface area contributed by atoms with E-state index in [1.807, 2.05) is 0 Å². The fraction of sp³-hybridized carbons (Fsp3) is 0.333. The monoisotopic (exact) mass is 311 g/mol. The molecule has 1 aromatic heterocycles. The minimum Gasteiger partial charge on any atom is -0.351 e. The Bertz CT molecular complexity index is 548. The first kappa shape index (κ1) is 15.2. The lowest BCUT2D eigenvalue weighted by Gasteiger charge is -2.07. The van der Waals surface area contributed by atoms with Crippen molar-refractivity contribution < 1.29 is 13.2 Å². The Morgan fingerprint density at radius 2 is 2.06 bits per heavy atom. The quantitative estimate of drug-likeness (QED) is 0.618. The second kappa shape index (κ2) is 6.33. The van der Waals surface area contributed by atoms with Crippen LogP contribution in [0.1, 0.15) is 10.4 Å². The highest BCUT2D eigenvalue weighted by Gasteiger charge is 2.11. The smallest absolute Gasteiger partial charge is 0.253 e. The zero-order chi connectivity index (χ0) is 13.8. The average molecular weight is 312 g/mol. The van der Waals surface area contributed by atoms with Crippen LogP contribution in [0.2, 0.25) is 10.2 Å². The molecule has 100 valence electrons. The molecule has 0 atom stereocenters. The third-order valence-electron chi connectivity index (χ3n) is 1.84. The van der Waals surface area contributed by atoms with Crippen molar-refractivity contribution in [1.29, 1.82) is 0 Å². The Kier molecular flexibility index (Phi) is 5.33. The number of nitrogens with one attached hydrogen (secondary N) is 2. The highest BCUT2D eigenvalue weighted by Crippen LogP contribution is 2.17. The van der Waals surface area contributed by atoms with Gasteiger partial charge in [0.15, 0.2) is 0 Å². The zero-order valence-electron chi connectivity index (χ0n) is 9.41. The summed E-state index contributed by atoms with van der Waals surface area (Å²) in [4.78, 5) is 15.4. The number of rotatable bonds is 5. The fourth-order valence-electron chi connectivity index (χ4n) is 1.09. The van der Waals surface area contributed by atoms with E-state index in [-0.39, 0.29) is 28.8 Å². The first-order valence-corrected chi connectivity index (χ1v) is 7.48. The van der Waals surface area contributed by atoms with Gasteiger partial charge in [-0.25, -0.2) is 18.1 Å². The molecule has 1 aromatic rings. The normalized spacial score (nSPS) is 11.3. The van der Waals surface area contributed by atoms with Crippen LogP contribution in [0.3, 0.4) is 0 Å². The molecule has 9 heteroatoms. The van der Waals surface area contributed by atoms with Gasteiger partial charge >= 0.3 is 0 Å². The molecule has 0 unspecified atom stereocenters. The lowest BCUT2D eigenvalue weighted by Crippen LogP contribution is -2.34.